The predicted molar refractivity (Wildman–Crippen MR) is 61.9 cm³/mol. The van der Waals surface area contributed by atoms with Crippen LogP contribution in [-0.4, -0.2) is 34.7 Å². The van der Waals surface area contributed by atoms with Crippen LogP contribution in [0.5, 0.6) is 0 Å². The van der Waals surface area contributed by atoms with Crippen molar-refractivity contribution in [2.75, 3.05) is 18.6 Å². The first-order valence-corrected chi connectivity index (χ1v) is 7.17. The Bertz CT molecular complexity index is 246. The third kappa shape index (κ3) is 4.30. The zero-order valence-electron chi connectivity index (χ0n) is 9.20. The first-order valence-electron chi connectivity index (χ1n) is 5.44. The molecule has 5 heteroatoms. The highest BCUT2D eigenvalue weighted by molar-refractivity contribution is 7.84. The van der Waals surface area contributed by atoms with Gasteiger partial charge >= 0.3 is 0 Å². The van der Waals surface area contributed by atoms with E-state index >= 15 is 0 Å². The van der Waals surface area contributed by atoms with E-state index < -0.39 is 10.8 Å². The molecule has 0 heterocycles. The van der Waals surface area contributed by atoms with Crippen molar-refractivity contribution in [3.8, 4) is 0 Å². The highest BCUT2D eigenvalue weighted by Crippen LogP contribution is 2.23. The van der Waals surface area contributed by atoms with Crippen molar-refractivity contribution >= 4 is 16.7 Å². The molecule has 0 aromatic rings. The zero-order valence-corrected chi connectivity index (χ0v) is 10.0. The van der Waals surface area contributed by atoms with Crippen LogP contribution >= 0.6 is 0 Å². The molecule has 1 saturated carbocycles. The van der Waals surface area contributed by atoms with Gasteiger partial charge in [-0.05, 0) is 19.3 Å². The molecule has 1 amide bonds. The number of hydrogen-bond donors (Lipinski definition) is 2. The van der Waals surface area contributed by atoms with Gasteiger partial charge in [-0.1, -0.05) is 6.42 Å². The molecule has 1 rings (SSSR count). The third-order valence-corrected chi connectivity index (χ3v) is 3.68. The molecule has 0 aromatic carbocycles. The number of nitrogens with one attached hydrogen (secondary N) is 1. The van der Waals surface area contributed by atoms with Gasteiger partial charge in [-0.15, -0.1) is 0 Å². The highest BCUT2D eigenvalue weighted by Gasteiger charge is 2.29. The Balaban J connectivity index is 2.15. The van der Waals surface area contributed by atoms with E-state index in [1.165, 1.54) is 0 Å². The summed E-state index contributed by atoms with van der Waals surface area (Å²) in [6, 6.07) is 0.0327. The minimum atomic E-state index is -0.765. The molecule has 3 unspecified atom stereocenters. The smallest absolute Gasteiger partial charge is 0.224 e. The minimum Gasteiger partial charge on any atom is -0.356 e. The molecule has 1 aliphatic rings. The molecule has 0 aliphatic heterocycles. The van der Waals surface area contributed by atoms with Crippen molar-refractivity contribution in [3.05, 3.63) is 0 Å². The fraction of sp³-hybridized carbons (Fsp3) is 0.900. The van der Waals surface area contributed by atoms with Crippen molar-refractivity contribution in [2.45, 2.75) is 31.7 Å². The highest BCUT2D eigenvalue weighted by atomic mass is 32.2. The summed E-state index contributed by atoms with van der Waals surface area (Å²) in [5.41, 5.74) is 5.82. The van der Waals surface area contributed by atoms with Gasteiger partial charge < -0.3 is 11.1 Å². The predicted octanol–water partition coefficient (Wildman–Crippen LogP) is -0.00140. The normalized spacial score (nSPS) is 27.6. The summed E-state index contributed by atoms with van der Waals surface area (Å²) in [4.78, 5) is 11.6. The van der Waals surface area contributed by atoms with Gasteiger partial charge in [0.25, 0.3) is 0 Å². The summed E-state index contributed by atoms with van der Waals surface area (Å²) in [7, 11) is -0.765. The fourth-order valence-corrected chi connectivity index (χ4v) is 2.48. The minimum absolute atomic E-state index is 0.00266. The van der Waals surface area contributed by atoms with Crippen molar-refractivity contribution in [3.63, 3.8) is 0 Å². The van der Waals surface area contributed by atoms with E-state index in [1.807, 2.05) is 0 Å². The molecule has 1 fully saturated rings. The first kappa shape index (κ1) is 12.6. The molecule has 3 N–H and O–H groups in total. The lowest BCUT2D eigenvalue weighted by Crippen LogP contribution is -2.39. The van der Waals surface area contributed by atoms with Gasteiger partial charge in [-0.25, -0.2) is 0 Å². The van der Waals surface area contributed by atoms with Gasteiger partial charge in [-0.2, -0.15) is 0 Å². The van der Waals surface area contributed by atoms with Crippen molar-refractivity contribution in [1.82, 2.24) is 5.32 Å². The summed E-state index contributed by atoms with van der Waals surface area (Å²) in [5, 5.41) is 2.86. The second kappa shape index (κ2) is 6.23. The van der Waals surface area contributed by atoms with Crippen LogP contribution < -0.4 is 11.1 Å². The Morgan fingerprint density at radius 1 is 1.53 bits per heavy atom. The lowest BCUT2D eigenvalue weighted by Gasteiger charge is -2.14. The monoisotopic (exact) mass is 232 g/mol. The summed E-state index contributed by atoms with van der Waals surface area (Å²) in [6.07, 6.45) is 5.37. The number of carbonyl (C=O) groups excluding carboxylic acids is 1. The van der Waals surface area contributed by atoms with E-state index in [0.29, 0.717) is 12.3 Å². The number of amides is 1. The zero-order chi connectivity index (χ0) is 11.3. The van der Waals surface area contributed by atoms with Crippen LogP contribution in [-0.2, 0) is 15.6 Å². The molecule has 3 atom stereocenters. The molecule has 4 nitrogen and oxygen atoms in total. The van der Waals surface area contributed by atoms with Gasteiger partial charge in [0, 0.05) is 35.4 Å². The average molecular weight is 232 g/mol. The molecule has 0 saturated heterocycles. The van der Waals surface area contributed by atoms with E-state index in [9.17, 15) is 9.00 Å². The lowest BCUT2D eigenvalue weighted by molar-refractivity contribution is -0.125. The van der Waals surface area contributed by atoms with E-state index in [-0.39, 0.29) is 17.9 Å². The Kier molecular flexibility index (Phi) is 5.25. The molecule has 0 spiro atoms. The summed E-state index contributed by atoms with van der Waals surface area (Å²) in [5.74, 6) is 0.718. The second-order valence-corrected chi connectivity index (χ2v) is 5.68. The van der Waals surface area contributed by atoms with Gasteiger partial charge in [0.15, 0.2) is 0 Å². The maximum atomic E-state index is 11.6. The molecule has 0 bridgehead atoms. The second-order valence-electron chi connectivity index (χ2n) is 4.12. The average Bonchev–Trinajstić information content (AvgIpc) is 2.58. The third-order valence-electron chi connectivity index (χ3n) is 2.81. The topological polar surface area (TPSA) is 72.2 Å². The van der Waals surface area contributed by atoms with Gasteiger partial charge in [0.2, 0.25) is 5.91 Å². The largest absolute Gasteiger partial charge is 0.356 e. The quantitative estimate of drug-likeness (QED) is 0.655. The Hall–Kier alpha value is -0.420. The van der Waals surface area contributed by atoms with Crippen molar-refractivity contribution in [1.29, 1.82) is 0 Å². The van der Waals surface area contributed by atoms with Crippen molar-refractivity contribution < 1.29 is 9.00 Å². The van der Waals surface area contributed by atoms with E-state index in [0.717, 1.165) is 25.7 Å². The van der Waals surface area contributed by atoms with Gasteiger partial charge in [0.05, 0.1) is 5.92 Å². The van der Waals surface area contributed by atoms with Crippen LogP contribution in [0.15, 0.2) is 0 Å². The maximum absolute atomic E-state index is 11.6. The molecular weight excluding hydrogens is 212 g/mol. The van der Waals surface area contributed by atoms with Crippen LogP contribution in [0.1, 0.15) is 25.7 Å². The van der Waals surface area contributed by atoms with Crippen LogP contribution in [0.4, 0.5) is 0 Å². The van der Waals surface area contributed by atoms with Crippen LogP contribution in [0.25, 0.3) is 0 Å². The first-order chi connectivity index (χ1) is 7.11. The van der Waals surface area contributed by atoms with E-state index in [2.05, 4.69) is 5.32 Å². The molecule has 0 aromatic heterocycles. The lowest BCUT2D eigenvalue weighted by atomic mass is 10.0. The molecule has 15 heavy (non-hydrogen) atoms. The number of rotatable bonds is 5. The summed E-state index contributed by atoms with van der Waals surface area (Å²) in [6.45, 7) is 0.613. The molecule has 88 valence electrons. The van der Waals surface area contributed by atoms with Gasteiger partial charge in [-0.3, -0.25) is 9.00 Å². The number of carbonyl (C=O) groups is 1. The van der Waals surface area contributed by atoms with Gasteiger partial charge in [0.1, 0.15) is 0 Å². The molecule has 0 radical (unpaired) electrons. The number of hydrogen-bond acceptors (Lipinski definition) is 3. The summed E-state index contributed by atoms with van der Waals surface area (Å²) < 4.78 is 10.8. The van der Waals surface area contributed by atoms with Crippen LogP contribution in [0, 0.1) is 5.92 Å². The Morgan fingerprint density at radius 2 is 2.27 bits per heavy atom. The standard InChI is InChI=1S/C10H20N2O2S/c1-15(14)7-3-6-12-10(13)8-4-2-5-9(8)11/h8-9H,2-7,11H2,1H3,(H,12,13). The maximum Gasteiger partial charge on any atom is 0.224 e. The summed E-state index contributed by atoms with van der Waals surface area (Å²) >= 11 is 0. The SMILES string of the molecule is CS(=O)CCCNC(=O)C1CCCC1N. The van der Waals surface area contributed by atoms with E-state index in [1.54, 1.807) is 6.26 Å². The molecular formula is C10H20N2O2S. The number of nitrogens with two attached hydrogens (primary N) is 1. The Morgan fingerprint density at radius 3 is 2.80 bits per heavy atom. The Labute approximate surface area is 93.4 Å². The van der Waals surface area contributed by atoms with Crippen molar-refractivity contribution in [2.24, 2.45) is 11.7 Å². The molecule has 1 aliphatic carbocycles. The van der Waals surface area contributed by atoms with E-state index in [4.69, 9.17) is 5.73 Å². The van der Waals surface area contributed by atoms with Crippen LogP contribution in [0.2, 0.25) is 0 Å². The van der Waals surface area contributed by atoms with Crippen LogP contribution in [0.3, 0.4) is 0 Å². The fourth-order valence-electron chi connectivity index (χ4n) is 1.93.